The molecule has 9 heteroatoms. The van der Waals surface area contributed by atoms with Gasteiger partial charge in [-0.1, -0.05) is 11.8 Å². The molecule has 0 aliphatic carbocycles. The summed E-state index contributed by atoms with van der Waals surface area (Å²) in [6.07, 6.45) is 3.74. The largest absolute Gasteiger partial charge is 0.465 e. The number of hydrogen-bond donors (Lipinski definition) is 3. The van der Waals surface area contributed by atoms with Gasteiger partial charge in [0.2, 0.25) is 0 Å². The summed E-state index contributed by atoms with van der Waals surface area (Å²) in [5.41, 5.74) is 0.806. The lowest BCUT2D eigenvalue weighted by Crippen LogP contribution is -2.47. The quantitative estimate of drug-likeness (QED) is 0.403. The van der Waals surface area contributed by atoms with Crippen LogP contribution in [0, 0.1) is 0 Å². The summed E-state index contributed by atoms with van der Waals surface area (Å²) in [6, 6.07) is 0. The maximum atomic E-state index is 11.6. The molecule has 0 saturated carbocycles. The number of piperazine rings is 1. The highest BCUT2D eigenvalue weighted by Gasteiger charge is 2.23. The second-order valence-corrected chi connectivity index (χ2v) is 7.47. The van der Waals surface area contributed by atoms with Crippen molar-refractivity contribution >= 4 is 23.4 Å². The van der Waals surface area contributed by atoms with Crippen LogP contribution in [-0.2, 0) is 9.53 Å². The molecule has 0 spiro atoms. The van der Waals surface area contributed by atoms with E-state index in [4.69, 9.17) is 9.84 Å². The molecular formula is C17H29N5O3S. The summed E-state index contributed by atoms with van der Waals surface area (Å²) >= 11 is 1.38. The van der Waals surface area contributed by atoms with Gasteiger partial charge in [0.25, 0.3) is 0 Å². The van der Waals surface area contributed by atoms with Crippen molar-refractivity contribution in [1.29, 1.82) is 0 Å². The smallest absolute Gasteiger partial charge is 0.345 e. The molecule has 0 amide bonds. The fourth-order valence-electron chi connectivity index (χ4n) is 2.69. The molecule has 0 aromatic rings. The molecule has 3 N–H and O–H groups in total. The highest BCUT2D eigenvalue weighted by Crippen LogP contribution is 2.25. The van der Waals surface area contributed by atoms with Crippen molar-refractivity contribution in [1.82, 2.24) is 20.4 Å². The fourth-order valence-corrected chi connectivity index (χ4v) is 3.57. The highest BCUT2D eigenvalue weighted by molar-refractivity contribution is 8.04. The van der Waals surface area contributed by atoms with Crippen molar-refractivity contribution in [2.75, 3.05) is 53.0 Å². The maximum Gasteiger partial charge on any atom is 0.345 e. The minimum Gasteiger partial charge on any atom is -0.465 e. The molecule has 8 nitrogen and oxygen atoms in total. The third kappa shape index (κ3) is 6.64. The summed E-state index contributed by atoms with van der Waals surface area (Å²) in [5, 5.41) is 15.5. The Labute approximate surface area is 159 Å². The Balaban J connectivity index is 1.87. The van der Waals surface area contributed by atoms with Gasteiger partial charge in [-0.2, -0.15) is 0 Å². The van der Waals surface area contributed by atoms with Gasteiger partial charge in [-0.3, -0.25) is 9.80 Å². The number of carbonyl (C=O) groups excluding carboxylic acids is 1. The molecule has 0 radical (unpaired) electrons. The maximum absolute atomic E-state index is 11.6. The third-order valence-electron chi connectivity index (χ3n) is 4.04. The van der Waals surface area contributed by atoms with Gasteiger partial charge in [-0.15, -0.1) is 0 Å². The van der Waals surface area contributed by atoms with Gasteiger partial charge in [0.1, 0.15) is 10.7 Å². The van der Waals surface area contributed by atoms with E-state index in [0.717, 1.165) is 50.8 Å². The molecule has 1 saturated heterocycles. The fraction of sp³-hybridized carbons (Fsp3) is 0.647. The van der Waals surface area contributed by atoms with E-state index in [1.54, 1.807) is 6.20 Å². The van der Waals surface area contributed by atoms with Crippen LogP contribution in [0.2, 0.25) is 0 Å². The van der Waals surface area contributed by atoms with E-state index in [-0.39, 0.29) is 18.1 Å². The second kappa shape index (κ2) is 10.6. The Bertz CT molecular complexity index is 567. The van der Waals surface area contributed by atoms with Crippen LogP contribution in [0.5, 0.6) is 0 Å². The van der Waals surface area contributed by atoms with Crippen LogP contribution in [0.3, 0.4) is 0 Å². The van der Waals surface area contributed by atoms with Gasteiger partial charge in [0, 0.05) is 51.2 Å². The number of aliphatic imine (C=N–C) groups is 1. The average Bonchev–Trinajstić information content (AvgIpc) is 3.08. The Morgan fingerprint density at radius 3 is 2.73 bits per heavy atom. The van der Waals surface area contributed by atoms with Gasteiger partial charge in [0.15, 0.2) is 5.50 Å². The summed E-state index contributed by atoms with van der Waals surface area (Å²) in [4.78, 5) is 21.3. The first-order valence-corrected chi connectivity index (χ1v) is 9.65. The zero-order valence-electron chi connectivity index (χ0n) is 15.7. The lowest BCUT2D eigenvalue weighted by Gasteiger charge is -2.33. The molecule has 26 heavy (non-hydrogen) atoms. The first-order chi connectivity index (χ1) is 12.5. The van der Waals surface area contributed by atoms with Crippen LogP contribution in [0.4, 0.5) is 0 Å². The zero-order valence-corrected chi connectivity index (χ0v) is 16.5. The topological polar surface area (TPSA) is 89.4 Å². The number of aliphatic hydroxyl groups excluding tert-OH is 1. The number of esters is 1. The molecule has 146 valence electrons. The van der Waals surface area contributed by atoms with Gasteiger partial charge < -0.3 is 20.5 Å². The van der Waals surface area contributed by atoms with Gasteiger partial charge >= 0.3 is 5.97 Å². The molecule has 0 bridgehead atoms. The third-order valence-corrected chi connectivity index (χ3v) is 5.07. The van der Waals surface area contributed by atoms with Gasteiger partial charge in [-0.25, -0.2) is 9.79 Å². The van der Waals surface area contributed by atoms with Gasteiger partial charge in [0.05, 0.1) is 13.7 Å². The molecule has 1 atom stereocenters. The van der Waals surface area contributed by atoms with Crippen LogP contribution in [0.15, 0.2) is 28.0 Å². The van der Waals surface area contributed by atoms with Gasteiger partial charge in [-0.05, 0) is 19.9 Å². The van der Waals surface area contributed by atoms with E-state index in [0.29, 0.717) is 4.91 Å². The Kier molecular flexibility index (Phi) is 8.43. The average molecular weight is 384 g/mol. The summed E-state index contributed by atoms with van der Waals surface area (Å²) in [5.74, 6) is 0.445. The normalized spacial score (nSPS) is 21.8. The first-order valence-electron chi connectivity index (χ1n) is 8.77. The lowest BCUT2D eigenvalue weighted by atomic mass is 10.3. The minimum atomic E-state index is -0.340. The second-order valence-electron chi connectivity index (χ2n) is 6.32. The molecule has 1 fully saturated rings. The predicted octanol–water partition coefficient (Wildman–Crippen LogP) is 0.143. The molecule has 2 aliphatic heterocycles. The number of methoxy groups -OCH3 is 1. The van der Waals surface area contributed by atoms with Crippen LogP contribution in [0.25, 0.3) is 0 Å². The number of ether oxygens (including phenoxy) is 1. The molecule has 2 heterocycles. The molecule has 0 aromatic carbocycles. The summed E-state index contributed by atoms with van der Waals surface area (Å²) < 4.78 is 4.74. The number of nitrogens with one attached hydrogen (secondary N) is 2. The monoisotopic (exact) mass is 383 g/mol. The molecular weight excluding hydrogens is 354 g/mol. The number of rotatable bonds is 8. The van der Waals surface area contributed by atoms with Crippen molar-refractivity contribution in [3.63, 3.8) is 0 Å². The van der Waals surface area contributed by atoms with E-state index in [9.17, 15) is 4.79 Å². The Hall–Kier alpha value is -1.55. The van der Waals surface area contributed by atoms with Crippen molar-refractivity contribution in [3.8, 4) is 0 Å². The standard InChI is InChI=1S/C17H29N5O3S/c1-13(2)19-15(20-17-18-12-14(26-17)16(24)25-3)4-5-21-6-8-22(9-7-21)10-11-23/h4,12,17-18,20,23H,5-11H2,1-3H3/b15-4+. The summed E-state index contributed by atoms with van der Waals surface area (Å²) in [6.45, 7) is 9.57. The van der Waals surface area contributed by atoms with Crippen LogP contribution in [0.1, 0.15) is 13.8 Å². The number of aliphatic hydroxyl groups is 1. The predicted molar refractivity (Wildman–Crippen MR) is 105 cm³/mol. The number of nitrogens with zero attached hydrogens (tertiary/aromatic N) is 3. The molecule has 2 aliphatic rings. The van der Waals surface area contributed by atoms with E-state index < -0.39 is 0 Å². The number of thioether (sulfide) groups is 1. The minimum absolute atomic E-state index is 0.153. The Morgan fingerprint density at radius 2 is 2.12 bits per heavy atom. The number of β-amino-alcohol motifs (C(OH)–C–C–N with tert-alkyl or cyclic N) is 1. The van der Waals surface area contributed by atoms with Crippen LogP contribution < -0.4 is 10.6 Å². The van der Waals surface area contributed by atoms with Crippen LogP contribution in [-0.4, -0.2) is 85.1 Å². The molecule has 1 unspecified atom stereocenters. The lowest BCUT2D eigenvalue weighted by molar-refractivity contribution is -0.135. The number of carbonyl (C=O) groups is 1. The molecule has 0 aromatic heterocycles. The zero-order chi connectivity index (χ0) is 18.9. The number of hydrogen-bond acceptors (Lipinski definition) is 9. The van der Waals surface area contributed by atoms with E-state index in [1.165, 1.54) is 18.9 Å². The van der Waals surface area contributed by atoms with E-state index in [1.807, 2.05) is 13.8 Å². The highest BCUT2D eigenvalue weighted by atomic mass is 32.2. The summed E-state index contributed by atoms with van der Waals surface area (Å²) in [7, 11) is 1.38. The molecule has 2 rings (SSSR count). The van der Waals surface area contributed by atoms with Crippen molar-refractivity contribution in [2.24, 2.45) is 4.99 Å². The Morgan fingerprint density at radius 1 is 1.42 bits per heavy atom. The van der Waals surface area contributed by atoms with E-state index in [2.05, 4.69) is 31.5 Å². The van der Waals surface area contributed by atoms with Crippen molar-refractivity contribution in [2.45, 2.75) is 19.3 Å². The van der Waals surface area contributed by atoms with Crippen molar-refractivity contribution < 1.29 is 14.6 Å². The SMILES string of the molecule is COC(=O)C1=CNC(N/C(=C/CN2CCN(CCO)CC2)N=C(C)C)S1. The first kappa shape index (κ1) is 20.8. The van der Waals surface area contributed by atoms with E-state index >= 15 is 0 Å². The van der Waals surface area contributed by atoms with Crippen LogP contribution >= 0.6 is 11.8 Å². The van der Waals surface area contributed by atoms with Crippen molar-refractivity contribution in [3.05, 3.63) is 23.0 Å².